The summed E-state index contributed by atoms with van der Waals surface area (Å²) in [5.41, 5.74) is 10.1. The van der Waals surface area contributed by atoms with E-state index in [1.54, 1.807) is 6.20 Å². The van der Waals surface area contributed by atoms with Crippen molar-refractivity contribution in [1.29, 1.82) is 0 Å². The van der Waals surface area contributed by atoms with Crippen molar-refractivity contribution in [2.45, 2.75) is 44.9 Å². The molecule has 3 N–H and O–H groups in total. The normalized spacial score (nSPS) is 19.7. The number of hydrogen-bond donors (Lipinski definition) is 2. The Morgan fingerprint density at radius 1 is 1.03 bits per heavy atom. The fraction of sp³-hybridized carbons (Fsp3) is 0.385. The van der Waals surface area contributed by atoms with Gasteiger partial charge >= 0.3 is 6.01 Å². The first-order chi connectivity index (χ1) is 17.6. The predicted molar refractivity (Wildman–Crippen MR) is 135 cm³/mol. The van der Waals surface area contributed by atoms with Gasteiger partial charge in [0, 0.05) is 43.5 Å². The number of piperazine rings is 1. The highest BCUT2D eigenvalue weighted by Gasteiger charge is 2.36. The van der Waals surface area contributed by atoms with Crippen molar-refractivity contribution in [3.05, 3.63) is 59.7 Å². The summed E-state index contributed by atoms with van der Waals surface area (Å²) in [4.78, 5) is 20.1. The van der Waals surface area contributed by atoms with E-state index in [9.17, 15) is 4.39 Å². The average Bonchev–Trinajstić information content (AvgIpc) is 3.32. The fourth-order valence-electron chi connectivity index (χ4n) is 5.37. The Hall–Kier alpha value is -3.63. The summed E-state index contributed by atoms with van der Waals surface area (Å²) in [5.74, 6) is 0.299. The van der Waals surface area contributed by atoms with Crippen molar-refractivity contribution in [1.82, 2.24) is 34.7 Å². The number of aromatic nitrogens is 5. The molecule has 2 aliphatic rings. The van der Waals surface area contributed by atoms with Crippen LogP contribution in [-0.2, 0) is 13.1 Å². The molecular formula is C26H29FN8O. The first-order valence-electron chi connectivity index (χ1n) is 12.4. The van der Waals surface area contributed by atoms with Gasteiger partial charge in [0.2, 0.25) is 0 Å². The van der Waals surface area contributed by atoms with Crippen molar-refractivity contribution in [3.8, 4) is 17.4 Å². The number of fused-ring (bicyclic) bond motifs is 3. The molecular weight excluding hydrogens is 459 g/mol. The average molecular weight is 489 g/mol. The predicted octanol–water partition coefficient (Wildman–Crippen LogP) is 2.99. The molecule has 186 valence electrons. The van der Waals surface area contributed by atoms with Gasteiger partial charge in [0.05, 0.1) is 19.3 Å². The molecule has 4 aromatic rings. The van der Waals surface area contributed by atoms with Crippen LogP contribution < -0.4 is 15.8 Å². The summed E-state index contributed by atoms with van der Waals surface area (Å²) >= 11 is 0. The maximum absolute atomic E-state index is 14.0. The van der Waals surface area contributed by atoms with Gasteiger partial charge in [-0.05, 0) is 37.0 Å². The molecule has 36 heavy (non-hydrogen) atoms. The second-order valence-corrected chi connectivity index (χ2v) is 9.44. The second kappa shape index (κ2) is 9.44. The lowest BCUT2D eigenvalue weighted by Gasteiger charge is -2.35. The van der Waals surface area contributed by atoms with Gasteiger partial charge in [-0.2, -0.15) is 9.97 Å². The minimum atomic E-state index is -0.439. The van der Waals surface area contributed by atoms with Gasteiger partial charge in [-0.1, -0.05) is 24.3 Å². The highest BCUT2D eigenvalue weighted by Crippen LogP contribution is 2.30. The summed E-state index contributed by atoms with van der Waals surface area (Å²) in [5, 5.41) is 3.54. The minimum absolute atomic E-state index is 0.188. The standard InChI is InChI=1S/C26H29FN8O/c1-2-36-26-32-23(28)22-25(33-26)35(24(31-22)18-9-19(27)11-29-10-18)15-17-5-3-16(4-6-17)14-34-20-7-8-21(34)13-30-12-20/h3-6,9-11,20-21,30H,2,7-8,12-15H2,1H3,(H2,28,32,33)/t20-,21+. The van der Waals surface area contributed by atoms with Gasteiger partial charge < -0.3 is 20.4 Å². The van der Waals surface area contributed by atoms with Gasteiger partial charge in [-0.15, -0.1) is 0 Å². The second-order valence-electron chi connectivity index (χ2n) is 9.44. The third-order valence-electron chi connectivity index (χ3n) is 7.10. The van der Waals surface area contributed by atoms with E-state index in [0.29, 0.717) is 47.8 Å². The Morgan fingerprint density at radius 2 is 1.75 bits per heavy atom. The number of imidazole rings is 1. The first kappa shape index (κ1) is 22.8. The molecule has 2 fully saturated rings. The van der Waals surface area contributed by atoms with Crippen LogP contribution in [0.3, 0.4) is 0 Å². The highest BCUT2D eigenvalue weighted by atomic mass is 19.1. The van der Waals surface area contributed by atoms with Crippen LogP contribution in [0.5, 0.6) is 6.01 Å². The number of nitrogens with two attached hydrogens (primary N) is 1. The Morgan fingerprint density at radius 3 is 2.44 bits per heavy atom. The van der Waals surface area contributed by atoms with Gasteiger partial charge in [0.25, 0.3) is 0 Å². The SMILES string of the molecule is CCOc1nc(N)c2nc(-c3cncc(F)c3)n(Cc3ccc(CN4[C@@H]5CC[C@H]4CNC5)cc3)c2n1. The molecule has 2 saturated heterocycles. The molecule has 5 heterocycles. The number of nitrogen functional groups attached to an aromatic ring is 1. The van der Waals surface area contributed by atoms with E-state index in [0.717, 1.165) is 25.2 Å². The minimum Gasteiger partial charge on any atom is -0.464 e. The highest BCUT2D eigenvalue weighted by molar-refractivity contribution is 5.85. The Bertz CT molecular complexity index is 1370. The fourth-order valence-corrected chi connectivity index (χ4v) is 5.37. The largest absolute Gasteiger partial charge is 0.464 e. The number of anilines is 1. The molecule has 10 heteroatoms. The summed E-state index contributed by atoms with van der Waals surface area (Å²) in [6.07, 6.45) is 5.30. The number of halogens is 1. The van der Waals surface area contributed by atoms with Crippen LogP contribution in [0.1, 0.15) is 30.9 Å². The topological polar surface area (TPSA) is 107 Å². The number of hydrogen-bond acceptors (Lipinski definition) is 8. The summed E-state index contributed by atoms with van der Waals surface area (Å²) in [7, 11) is 0. The molecule has 9 nitrogen and oxygen atoms in total. The molecule has 0 unspecified atom stereocenters. The molecule has 6 rings (SSSR count). The Labute approximate surface area is 208 Å². The summed E-state index contributed by atoms with van der Waals surface area (Å²) in [6, 6.07) is 11.5. The lowest BCUT2D eigenvalue weighted by molar-refractivity contribution is 0.145. The van der Waals surface area contributed by atoms with Crippen molar-refractivity contribution in [3.63, 3.8) is 0 Å². The zero-order chi connectivity index (χ0) is 24.6. The van der Waals surface area contributed by atoms with Crippen LogP contribution in [0.15, 0.2) is 42.7 Å². The third kappa shape index (κ3) is 4.27. The maximum Gasteiger partial charge on any atom is 0.320 e. The van der Waals surface area contributed by atoms with Crippen molar-refractivity contribution < 1.29 is 9.13 Å². The monoisotopic (exact) mass is 488 g/mol. The van der Waals surface area contributed by atoms with Crippen molar-refractivity contribution >= 4 is 17.0 Å². The molecule has 2 aliphatic heterocycles. The molecule has 2 bridgehead atoms. The first-order valence-corrected chi connectivity index (χ1v) is 12.4. The van der Waals surface area contributed by atoms with Crippen LogP contribution in [0.4, 0.5) is 10.2 Å². The summed E-state index contributed by atoms with van der Waals surface area (Å²) < 4.78 is 21.5. The molecule has 0 saturated carbocycles. The van der Waals surface area contributed by atoms with E-state index in [-0.39, 0.29) is 11.8 Å². The van der Waals surface area contributed by atoms with E-state index in [4.69, 9.17) is 10.5 Å². The van der Waals surface area contributed by atoms with E-state index in [1.807, 2.05) is 11.5 Å². The number of nitrogens with zero attached hydrogens (tertiary/aromatic N) is 6. The van der Waals surface area contributed by atoms with E-state index in [1.165, 1.54) is 30.7 Å². The van der Waals surface area contributed by atoms with Gasteiger partial charge in [-0.3, -0.25) is 9.88 Å². The smallest absolute Gasteiger partial charge is 0.320 e. The molecule has 2 atom stereocenters. The molecule has 0 aliphatic carbocycles. The van der Waals surface area contributed by atoms with Crippen LogP contribution in [0.25, 0.3) is 22.6 Å². The number of benzene rings is 1. The number of rotatable bonds is 7. The quantitative estimate of drug-likeness (QED) is 0.409. The lowest BCUT2D eigenvalue weighted by Crippen LogP contribution is -2.51. The number of nitrogens with one attached hydrogen (secondary N) is 1. The molecule has 0 radical (unpaired) electrons. The zero-order valence-electron chi connectivity index (χ0n) is 20.2. The Kier molecular flexibility index (Phi) is 5.98. The molecule has 0 spiro atoms. The van der Waals surface area contributed by atoms with Crippen LogP contribution in [-0.4, -0.2) is 61.2 Å². The Balaban J connectivity index is 1.34. The van der Waals surface area contributed by atoms with E-state index >= 15 is 0 Å². The molecule has 0 amide bonds. The van der Waals surface area contributed by atoms with Crippen molar-refractivity contribution in [2.24, 2.45) is 0 Å². The van der Waals surface area contributed by atoms with Gasteiger partial charge in [0.1, 0.15) is 11.6 Å². The lowest BCUT2D eigenvalue weighted by atomic mass is 10.1. The number of ether oxygens (including phenoxy) is 1. The molecule has 1 aromatic carbocycles. The third-order valence-corrected chi connectivity index (χ3v) is 7.10. The molecule has 3 aromatic heterocycles. The van der Waals surface area contributed by atoms with Crippen LogP contribution in [0, 0.1) is 5.82 Å². The van der Waals surface area contributed by atoms with Gasteiger partial charge in [0.15, 0.2) is 17.0 Å². The van der Waals surface area contributed by atoms with Gasteiger partial charge in [-0.25, -0.2) is 9.37 Å². The van der Waals surface area contributed by atoms with E-state index in [2.05, 4.69) is 54.4 Å². The maximum atomic E-state index is 14.0. The summed E-state index contributed by atoms with van der Waals surface area (Å²) in [6.45, 7) is 5.87. The van der Waals surface area contributed by atoms with E-state index < -0.39 is 5.82 Å². The van der Waals surface area contributed by atoms with Crippen LogP contribution >= 0.6 is 0 Å². The number of pyridine rings is 1. The van der Waals surface area contributed by atoms with Crippen molar-refractivity contribution in [2.75, 3.05) is 25.4 Å². The van der Waals surface area contributed by atoms with Crippen LogP contribution in [0.2, 0.25) is 0 Å². The zero-order valence-corrected chi connectivity index (χ0v) is 20.2.